The Balaban J connectivity index is 2.27. The second kappa shape index (κ2) is 7.49. The van der Waals surface area contributed by atoms with Crippen LogP contribution in [0.2, 0.25) is 0 Å². The summed E-state index contributed by atoms with van der Waals surface area (Å²) >= 11 is 0. The summed E-state index contributed by atoms with van der Waals surface area (Å²) in [5.74, 6) is 0.371. The number of amides is 1. The van der Waals surface area contributed by atoms with Crippen molar-refractivity contribution in [2.24, 2.45) is 0 Å². The molecule has 0 unspecified atom stereocenters. The lowest BCUT2D eigenvalue weighted by molar-refractivity contribution is -0.114. The molecular formula is C16H18N2O6. The molecule has 0 saturated carbocycles. The fourth-order valence-corrected chi connectivity index (χ4v) is 2.04. The highest BCUT2D eigenvalue weighted by Crippen LogP contribution is 2.33. The molecule has 0 fully saturated rings. The highest BCUT2D eigenvalue weighted by Gasteiger charge is 2.19. The van der Waals surface area contributed by atoms with Gasteiger partial charge in [0.1, 0.15) is 18.1 Å². The first kappa shape index (κ1) is 17.3. The number of nitrogens with one attached hydrogen (secondary N) is 1. The van der Waals surface area contributed by atoms with Crippen LogP contribution in [0.25, 0.3) is 0 Å². The Labute approximate surface area is 138 Å². The number of rotatable bonds is 6. The standard InChI is InChI=1S/C16H18N2O6/c1-9-5-11(18-24-9)8-23-16(20)12-6-14(21-3)15(22-4)7-13(12)17-10(2)19/h5-7H,8H2,1-4H3,(H,17,19). The molecule has 0 aliphatic carbocycles. The Hall–Kier alpha value is -3.03. The van der Waals surface area contributed by atoms with Gasteiger partial charge in [0.15, 0.2) is 11.5 Å². The van der Waals surface area contributed by atoms with Crippen LogP contribution < -0.4 is 14.8 Å². The zero-order valence-corrected chi connectivity index (χ0v) is 13.8. The molecule has 1 heterocycles. The summed E-state index contributed by atoms with van der Waals surface area (Å²) in [4.78, 5) is 23.7. The first-order valence-corrected chi connectivity index (χ1v) is 7.07. The summed E-state index contributed by atoms with van der Waals surface area (Å²) < 4.78 is 20.5. The highest BCUT2D eigenvalue weighted by atomic mass is 16.5. The minimum absolute atomic E-state index is 0.0516. The van der Waals surface area contributed by atoms with Gasteiger partial charge in [0, 0.05) is 25.1 Å². The van der Waals surface area contributed by atoms with Gasteiger partial charge >= 0.3 is 5.97 Å². The van der Waals surface area contributed by atoms with Crippen molar-refractivity contribution in [3.05, 3.63) is 35.2 Å². The van der Waals surface area contributed by atoms with Crippen LogP contribution in [0.3, 0.4) is 0 Å². The normalized spacial score (nSPS) is 10.2. The summed E-state index contributed by atoms with van der Waals surface area (Å²) in [5, 5.41) is 6.32. The Bertz CT molecular complexity index is 753. The third-order valence-electron chi connectivity index (χ3n) is 3.08. The number of hydrogen-bond acceptors (Lipinski definition) is 7. The second-order valence-corrected chi connectivity index (χ2v) is 4.94. The maximum Gasteiger partial charge on any atom is 0.340 e. The third kappa shape index (κ3) is 4.03. The molecule has 1 aromatic heterocycles. The van der Waals surface area contributed by atoms with E-state index in [1.807, 2.05) is 0 Å². The van der Waals surface area contributed by atoms with Gasteiger partial charge in [-0.15, -0.1) is 0 Å². The Morgan fingerprint density at radius 3 is 2.38 bits per heavy atom. The number of aromatic nitrogens is 1. The first-order chi connectivity index (χ1) is 11.4. The first-order valence-electron chi connectivity index (χ1n) is 7.07. The number of ether oxygens (including phenoxy) is 3. The maximum atomic E-state index is 12.4. The molecule has 8 nitrogen and oxygen atoms in total. The van der Waals surface area contributed by atoms with Crippen molar-refractivity contribution in [3.8, 4) is 11.5 Å². The van der Waals surface area contributed by atoms with Crippen molar-refractivity contribution >= 4 is 17.6 Å². The lowest BCUT2D eigenvalue weighted by Gasteiger charge is -2.14. The molecule has 1 aromatic carbocycles. The van der Waals surface area contributed by atoms with Crippen LogP contribution in [0.5, 0.6) is 11.5 Å². The zero-order valence-electron chi connectivity index (χ0n) is 13.8. The molecule has 0 radical (unpaired) electrons. The number of methoxy groups -OCH3 is 2. The van der Waals surface area contributed by atoms with Crippen LogP contribution in [-0.2, 0) is 16.1 Å². The molecule has 2 rings (SSSR count). The van der Waals surface area contributed by atoms with E-state index in [-0.39, 0.29) is 23.8 Å². The van der Waals surface area contributed by atoms with Gasteiger partial charge in [-0.05, 0) is 6.92 Å². The number of anilines is 1. The molecule has 0 aliphatic heterocycles. The molecule has 1 N–H and O–H groups in total. The number of carbonyl (C=O) groups is 2. The quantitative estimate of drug-likeness (QED) is 0.809. The van der Waals surface area contributed by atoms with Gasteiger partial charge < -0.3 is 24.1 Å². The number of benzene rings is 1. The maximum absolute atomic E-state index is 12.4. The van der Waals surface area contributed by atoms with Gasteiger partial charge in [-0.3, -0.25) is 4.79 Å². The van der Waals surface area contributed by atoms with E-state index in [0.29, 0.717) is 23.0 Å². The fourth-order valence-electron chi connectivity index (χ4n) is 2.04. The van der Waals surface area contributed by atoms with Gasteiger partial charge in [0.05, 0.1) is 25.5 Å². The van der Waals surface area contributed by atoms with Crippen molar-refractivity contribution in [1.29, 1.82) is 0 Å². The van der Waals surface area contributed by atoms with E-state index in [1.54, 1.807) is 13.0 Å². The summed E-state index contributed by atoms with van der Waals surface area (Å²) in [6, 6.07) is 4.61. The van der Waals surface area contributed by atoms with Crippen molar-refractivity contribution in [3.63, 3.8) is 0 Å². The van der Waals surface area contributed by atoms with Crippen molar-refractivity contribution < 1.29 is 28.3 Å². The van der Waals surface area contributed by atoms with E-state index in [0.717, 1.165) is 0 Å². The number of hydrogen-bond donors (Lipinski definition) is 1. The largest absolute Gasteiger partial charge is 0.493 e. The summed E-state index contributed by atoms with van der Waals surface area (Å²) in [6.07, 6.45) is 0. The van der Waals surface area contributed by atoms with E-state index in [9.17, 15) is 9.59 Å². The van der Waals surface area contributed by atoms with Crippen molar-refractivity contribution in [1.82, 2.24) is 5.16 Å². The van der Waals surface area contributed by atoms with E-state index in [1.165, 1.54) is 33.3 Å². The van der Waals surface area contributed by atoms with Crippen LogP contribution in [-0.4, -0.2) is 31.3 Å². The minimum atomic E-state index is -0.639. The van der Waals surface area contributed by atoms with E-state index >= 15 is 0 Å². The SMILES string of the molecule is COc1cc(NC(C)=O)c(C(=O)OCc2cc(C)on2)cc1OC. The lowest BCUT2D eigenvalue weighted by Crippen LogP contribution is -2.13. The van der Waals surface area contributed by atoms with Crippen molar-refractivity contribution in [2.45, 2.75) is 20.5 Å². The van der Waals surface area contributed by atoms with Crippen LogP contribution >= 0.6 is 0 Å². The Kier molecular flexibility index (Phi) is 5.41. The average Bonchev–Trinajstić information content (AvgIpc) is 2.97. The predicted molar refractivity (Wildman–Crippen MR) is 84.2 cm³/mol. The molecule has 0 atom stereocenters. The number of carbonyl (C=O) groups excluding carboxylic acids is 2. The van der Waals surface area contributed by atoms with Crippen LogP contribution in [0.4, 0.5) is 5.69 Å². The van der Waals surface area contributed by atoms with Gasteiger partial charge in [-0.2, -0.15) is 0 Å². The fraction of sp³-hybridized carbons (Fsp3) is 0.312. The molecule has 24 heavy (non-hydrogen) atoms. The predicted octanol–water partition coefficient (Wildman–Crippen LogP) is 2.32. The molecule has 0 aliphatic rings. The van der Waals surface area contributed by atoms with Gasteiger partial charge in [-0.1, -0.05) is 5.16 Å². The third-order valence-corrected chi connectivity index (χ3v) is 3.08. The zero-order chi connectivity index (χ0) is 17.7. The van der Waals surface area contributed by atoms with Gasteiger partial charge in [0.2, 0.25) is 5.91 Å². The molecule has 128 valence electrons. The monoisotopic (exact) mass is 334 g/mol. The smallest absolute Gasteiger partial charge is 0.340 e. The second-order valence-electron chi connectivity index (χ2n) is 4.94. The lowest BCUT2D eigenvalue weighted by atomic mass is 10.1. The molecule has 2 aromatic rings. The molecule has 0 spiro atoms. The molecule has 1 amide bonds. The van der Waals surface area contributed by atoms with E-state index in [2.05, 4.69) is 10.5 Å². The van der Waals surface area contributed by atoms with Gasteiger partial charge in [0.25, 0.3) is 0 Å². The van der Waals surface area contributed by atoms with Crippen LogP contribution in [0.15, 0.2) is 22.7 Å². The Morgan fingerprint density at radius 2 is 1.83 bits per heavy atom. The van der Waals surface area contributed by atoms with Gasteiger partial charge in [-0.25, -0.2) is 4.79 Å². The summed E-state index contributed by atoms with van der Waals surface area (Å²) in [5.41, 5.74) is 0.895. The van der Waals surface area contributed by atoms with E-state index in [4.69, 9.17) is 18.7 Å². The minimum Gasteiger partial charge on any atom is -0.493 e. The van der Waals surface area contributed by atoms with Crippen LogP contribution in [0, 0.1) is 6.92 Å². The Morgan fingerprint density at radius 1 is 1.17 bits per heavy atom. The number of aryl methyl sites for hydroxylation is 1. The summed E-state index contributed by atoms with van der Waals surface area (Å²) in [7, 11) is 2.91. The number of esters is 1. The average molecular weight is 334 g/mol. The topological polar surface area (TPSA) is 99.9 Å². The molecular weight excluding hydrogens is 316 g/mol. The highest BCUT2D eigenvalue weighted by molar-refractivity contribution is 6.01. The van der Waals surface area contributed by atoms with Crippen molar-refractivity contribution in [2.75, 3.05) is 19.5 Å². The number of nitrogens with zero attached hydrogens (tertiary/aromatic N) is 1. The summed E-state index contributed by atoms with van der Waals surface area (Å²) in [6.45, 7) is 3.02. The molecule has 8 heteroatoms. The van der Waals surface area contributed by atoms with E-state index < -0.39 is 5.97 Å². The molecule has 0 saturated heterocycles. The van der Waals surface area contributed by atoms with Crippen LogP contribution in [0.1, 0.15) is 28.7 Å². The molecule has 0 bridgehead atoms.